The number of aromatic carboxylic acids is 1. The Hall–Kier alpha value is -5.74. The van der Waals surface area contributed by atoms with E-state index in [0.29, 0.717) is 27.9 Å². The highest BCUT2D eigenvalue weighted by molar-refractivity contribution is 9.10. The van der Waals surface area contributed by atoms with E-state index in [9.17, 15) is 62.9 Å². The van der Waals surface area contributed by atoms with Gasteiger partial charge in [0, 0.05) is 41.5 Å². The molecule has 4 aromatic heterocycles. The fraction of sp³-hybridized carbons (Fsp3) is 0.0789. The third-order valence-corrected chi connectivity index (χ3v) is 12.3. The highest BCUT2D eigenvalue weighted by atomic mass is 79.9. The van der Waals surface area contributed by atoms with E-state index in [1.54, 1.807) is 0 Å². The van der Waals surface area contributed by atoms with Crippen LogP contribution in [0.5, 0.6) is 0 Å². The van der Waals surface area contributed by atoms with Gasteiger partial charge in [0.1, 0.15) is 6.07 Å². The number of carboxylic acid groups (broad SMARTS) is 1. The number of primary amides is 1. The van der Waals surface area contributed by atoms with Crippen molar-refractivity contribution < 1.29 is 62.8 Å². The second-order valence-electron chi connectivity index (χ2n) is 12.6. The molecule has 0 bridgehead atoms. The molecule has 8 N–H and O–H groups in total. The Kier molecular flexibility index (Phi) is 24.6. The van der Waals surface area contributed by atoms with Crippen LogP contribution in [-0.4, -0.2) is 58.7 Å². The molecular weight excluding hydrogens is 1250 g/mol. The third kappa shape index (κ3) is 20.6. The summed E-state index contributed by atoms with van der Waals surface area (Å²) in [6.07, 6.45) is -4.57. The van der Waals surface area contributed by atoms with Gasteiger partial charge in [-0.1, -0.05) is 77.0 Å². The summed E-state index contributed by atoms with van der Waals surface area (Å²) < 4.78 is 124. The van der Waals surface area contributed by atoms with E-state index in [-0.39, 0.29) is 44.8 Å². The van der Waals surface area contributed by atoms with Crippen LogP contribution in [0, 0.1) is 21.4 Å². The van der Waals surface area contributed by atoms with Crippen molar-refractivity contribution in [3.05, 3.63) is 159 Å². The highest BCUT2D eigenvalue weighted by Crippen LogP contribution is 2.38. The number of alkyl halides is 6. The van der Waals surface area contributed by atoms with E-state index in [4.69, 9.17) is 108 Å². The lowest BCUT2D eigenvalue weighted by atomic mass is 10.2. The van der Waals surface area contributed by atoms with Crippen LogP contribution < -0.4 is 21.9 Å². The molecule has 0 atom stereocenters. The zero-order chi connectivity index (χ0) is 55.3. The predicted octanol–water partition coefficient (Wildman–Crippen LogP) is 11.8. The van der Waals surface area contributed by atoms with Crippen LogP contribution in [-0.2, 0) is 31.4 Å². The maximum atomic E-state index is 12.9. The molecule has 392 valence electrons. The predicted molar refractivity (Wildman–Crippen MR) is 264 cm³/mol. The number of benzene rings is 2. The van der Waals surface area contributed by atoms with Crippen LogP contribution in [0.2, 0.25) is 30.1 Å². The van der Waals surface area contributed by atoms with Crippen molar-refractivity contribution in [2.75, 3.05) is 16.2 Å². The Bertz CT molecular complexity index is 3290. The Morgan fingerprint density at radius 1 is 0.712 bits per heavy atom. The largest absolute Gasteiger partial charge is 0.476 e. The molecule has 0 unspecified atom stereocenters. The number of nitriles is 1. The number of halogens is 14. The number of nitrogens with one attached hydrogen (secondary N) is 1. The molecule has 35 heteroatoms. The van der Waals surface area contributed by atoms with Gasteiger partial charge in [-0.2, -0.15) is 31.6 Å². The molecule has 2 aromatic carbocycles. The summed E-state index contributed by atoms with van der Waals surface area (Å²) in [7, 11) is -3.85. The molecule has 4 heterocycles. The smallest absolute Gasteiger partial charge is 0.417 e. The molecule has 0 saturated heterocycles. The van der Waals surface area contributed by atoms with Crippen molar-refractivity contribution in [3.63, 3.8) is 0 Å². The number of nitrogens with two attached hydrogens (primary N) is 3. The van der Waals surface area contributed by atoms with Gasteiger partial charge >= 0.3 is 24.0 Å². The van der Waals surface area contributed by atoms with E-state index in [1.165, 1.54) is 36.8 Å². The second-order valence-corrected chi connectivity index (χ2v) is 20.1. The SMILES string of the molecule is C.N#Cc1ncc(Cl)cc1N.NC(=O)c1ncc(Cl)cc1N.O=C(O)c1ncc(Cl)cc1NS(=O)(=O)c1ccc(Cl)c(C(F)(F)F)c1.O=S(=O)(Cl)c1ccc(Cl)c(C(F)(F)F)c1.O=[N+]([O-])c1cc(Cl)cnc1Br. The minimum absolute atomic E-state index is 0. The molecule has 73 heavy (non-hydrogen) atoms. The van der Waals surface area contributed by atoms with Gasteiger partial charge in [0.2, 0.25) is 0 Å². The number of nitrogen functional groups attached to an aromatic ring is 2. The topological polar surface area (TPSA) is 331 Å². The number of carboxylic acids is 1. The molecule has 0 spiro atoms. The molecule has 0 aliphatic carbocycles. The van der Waals surface area contributed by atoms with E-state index in [1.807, 2.05) is 10.8 Å². The van der Waals surface area contributed by atoms with Crippen molar-refractivity contribution in [1.82, 2.24) is 19.9 Å². The summed E-state index contributed by atoms with van der Waals surface area (Å²) in [5, 5.41) is 27.4. The molecule has 0 saturated carbocycles. The zero-order valence-electron chi connectivity index (χ0n) is 34.3. The number of nitrogens with zero attached hydrogens (tertiary/aromatic N) is 6. The van der Waals surface area contributed by atoms with E-state index in [0.717, 1.165) is 36.5 Å². The van der Waals surface area contributed by atoms with Crippen molar-refractivity contribution >= 4 is 150 Å². The Morgan fingerprint density at radius 3 is 1.55 bits per heavy atom. The third-order valence-electron chi connectivity index (χ3n) is 7.47. The summed E-state index contributed by atoms with van der Waals surface area (Å²) in [5.41, 5.74) is 12.6. The molecular formula is C38H26BrCl7F6N10O9S2. The van der Waals surface area contributed by atoms with Gasteiger partial charge in [-0.25, -0.2) is 41.6 Å². The van der Waals surface area contributed by atoms with Crippen LogP contribution in [0.3, 0.4) is 0 Å². The highest BCUT2D eigenvalue weighted by Gasteiger charge is 2.36. The van der Waals surface area contributed by atoms with Crippen molar-refractivity contribution in [2.45, 2.75) is 29.6 Å². The number of aromatic nitrogens is 4. The molecule has 0 aliphatic heterocycles. The first-order valence-corrected chi connectivity index (χ1v) is 24.4. The number of carbonyl (C=O) groups is 2. The average molecular weight is 1270 g/mol. The summed E-state index contributed by atoms with van der Waals surface area (Å²) in [6, 6.07) is 11.0. The van der Waals surface area contributed by atoms with Crippen molar-refractivity contribution in [3.8, 4) is 6.07 Å². The zero-order valence-corrected chi connectivity index (χ0v) is 42.8. The minimum Gasteiger partial charge on any atom is -0.476 e. The van der Waals surface area contributed by atoms with Gasteiger partial charge in [0.25, 0.3) is 25.0 Å². The number of carbonyl (C=O) groups excluding carboxylic acids is 1. The molecule has 19 nitrogen and oxygen atoms in total. The van der Waals surface area contributed by atoms with Gasteiger partial charge in [-0.3, -0.25) is 19.6 Å². The fourth-order valence-corrected chi connectivity index (χ4v) is 7.72. The molecule has 0 radical (unpaired) electrons. The van der Waals surface area contributed by atoms with Gasteiger partial charge in [0.15, 0.2) is 21.7 Å². The standard InChI is InChI=1S/C13H7Cl2F3N2O4S.C7H3Cl2F3O2S.C6H6ClN3O.C6H4ClN3.C5H2BrClN2O2.CH4/c14-6-3-10(11(12(21)22)19-5-6)20-25(23,24)7-1-2-9(15)8(4-7)13(16,17)18;8-6-2-1-4(15(9,13)14)3-5(6)7(10,11)12;7-3-1-4(8)5(6(9)11)10-2-3;7-4-1-5(9)6(2-8)10-3-4;6-5-4(9(10)11)1-3(7)2-8-5;/h1-5,20H,(H,21,22);1-3H;1-2H,8H2,(H2,9,11);1,3H,9H2;1-2H;1H4. The number of anilines is 3. The first kappa shape index (κ1) is 65.3. The number of amides is 1. The van der Waals surface area contributed by atoms with Crippen LogP contribution in [0.25, 0.3) is 0 Å². The minimum atomic E-state index is -4.87. The van der Waals surface area contributed by atoms with E-state index < -0.39 is 90.6 Å². The molecule has 6 rings (SSSR count). The molecule has 0 aliphatic rings. The van der Waals surface area contributed by atoms with Crippen LogP contribution in [0.15, 0.2) is 99.8 Å². The summed E-state index contributed by atoms with van der Waals surface area (Å²) in [6.45, 7) is 0. The number of hydrogen-bond donors (Lipinski definition) is 5. The molecule has 6 aromatic rings. The maximum Gasteiger partial charge on any atom is 0.417 e. The molecule has 1 amide bonds. The van der Waals surface area contributed by atoms with E-state index >= 15 is 0 Å². The van der Waals surface area contributed by atoms with Gasteiger partial charge in [0.05, 0.1) is 73.0 Å². The first-order valence-electron chi connectivity index (χ1n) is 17.6. The van der Waals surface area contributed by atoms with Crippen LogP contribution in [0.4, 0.5) is 49.1 Å². The second kappa shape index (κ2) is 27.5. The number of sulfonamides is 1. The first-order chi connectivity index (χ1) is 33.0. The Balaban J connectivity index is 0.000000480. The van der Waals surface area contributed by atoms with Crippen LogP contribution >= 0.6 is 96.2 Å². The van der Waals surface area contributed by atoms with Crippen LogP contribution in [0.1, 0.15) is 45.2 Å². The fourth-order valence-electron chi connectivity index (χ4n) is 4.40. The maximum absolute atomic E-state index is 12.9. The quantitative estimate of drug-likeness (QED) is 0.0326. The Labute approximate surface area is 450 Å². The summed E-state index contributed by atoms with van der Waals surface area (Å²) in [4.78, 5) is 44.4. The van der Waals surface area contributed by atoms with Crippen molar-refractivity contribution in [1.29, 1.82) is 5.26 Å². The lowest BCUT2D eigenvalue weighted by Gasteiger charge is -2.13. The number of hydrogen-bond acceptors (Lipinski definition) is 15. The average Bonchev–Trinajstić information content (AvgIpc) is 3.24. The molecule has 0 fully saturated rings. The van der Waals surface area contributed by atoms with Crippen molar-refractivity contribution in [2.24, 2.45) is 5.73 Å². The lowest BCUT2D eigenvalue weighted by molar-refractivity contribution is -0.386. The summed E-state index contributed by atoms with van der Waals surface area (Å²) >= 11 is 35.8. The normalized spacial score (nSPS) is 10.9. The Morgan fingerprint density at radius 2 is 1.14 bits per heavy atom. The van der Waals surface area contributed by atoms with E-state index in [2.05, 4.69) is 35.9 Å². The van der Waals surface area contributed by atoms with Gasteiger partial charge < -0.3 is 22.3 Å². The lowest BCUT2D eigenvalue weighted by Crippen LogP contribution is -2.17. The van der Waals surface area contributed by atoms with Gasteiger partial charge in [-0.05, 0) is 70.5 Å². The summed E-state index contributed by atoms with van der Waals surface area (Å²) in [5.74, 6) is -2.21. The van der Waals surface area contributed by atoms with Gasteiger partial charge in [-0.15, -0.1) is 0 Å². The number of nitro groups is 1. The number of rotatable bonds is 7. The number of pyridine rings is 4. The monoisotopic (exact) mass is 1270 g/mol.